The summed E-state index contributed by atoms with van der Waals surface area (Å²) >= 11 is 1.34. The van der Waals surface area contributed by atoms with Crippen LogP contribution in [-0.2, 0) is 5.75 Å². The first-order valence-electron chi connectivity index (χ1n) is 8.14. The molecule has 0 spiro atoms. The largest absolute Gasteiger partial charge is 0.495 e. The molecule has 2 aromatic carbocycles. The van der Waals surface area contributed by atoms with Gasteiger partial charge >= 0.3 is 0 Å². The Morgan fingerprint density at radius 3 is 2.89 bits per heavy atom. The monoisotopic (exact) mass is 382 g/mol. The summed E-state index contributed by atoms with van der Waals surface area (Å²) in [6, 6.07) is 13.6. The number of para-hydroxylation sites is 2. The van der Waals surface area contributed by atoms with E-state index < -0.39 is 0 Å². The third-order valence-corrected chi connectivity index (χ3v) is 5.04. The number of halogens is 1. The maximum atomic E-state index is 13.5. The normalized spacial score (nSPS) is 11.0. The van der Waals surface area contributed by atoms with Gasteiger partial charge in [-0.1, -0.05) is 36.0 Å². The lowest BCUT2D eigenvalue weighted by Crippen LogP contribution is -2.22. The van der Waals surface area contributed by atoms with Gasteiger partial charge in [-0.05, 0) is 29.8 Å². The van der Waals surface area contributed by atoms with Gasteiger partial charge in [-0.25, -0.2) is 9.37 Å². The molecule has 27 heavy (non-hydrogen) atoms. The summed E-state index contributed by atoms with van der Waals surface area (Å²) in [5.74, 6) is 0.711. The van der Waals surface area contributed by atoms with Crippen molar-refractivity contribution in [2.45, 2.75) is 10.9 Å². The summed E-state index contributed by atoms with van der Waals surface area (Å²) in [7, 11) is 1.55. The second-order valence-corrected chi connectivity index (χ2v) is 6.70. The maximum absolute atomic E-state index is 13.5. The molecule has 0 aliphatic carbocycles. The van der Waals surface area contributed by atoms with Crippen LogP contribution in [-0.4, -0.2) is 26.9 Å². The Bertz CT molecular complexity index is 1170. The highest BCUT2D eigenvalue weighted by Gasteiger charge is 2.17. The average Bonchev–Trinajstić information content (AvgIpc) is 3.15. The quantitative estimate of drug-likeness (QED) is 0.422. The number of nitrogens with zero attached hydrogens (tertiary/aromatic N) is 3. The number of aromatic amines is 1. The number of hydrogen-bond donors (Lipinski definition) is 1. The van der Waals surface area contributed by atoms with Crippen LogP contribution >= 0.6 is 11.8 Å². The van der Waals surface area contributed by atoms with Crippen molar-refractivity contribution >= 4 is 22.8 Å². The number of thioether (sulfide) groups is 1. The van der Waals surface area contributed by atoms with Gasteiger partial charge < -0.3 is 4.74 Å². The molecule has 0 bridgehead atoms. The van der Waals surface area contributed by atoms with Crippen LogP contribution in [0.25, 0.3) is 16.7 Å². The number of methoxy groups -OCH3 is 1. The molecular weight excluding hydrogens is 367 g/mol. The first-order chi connectivity index (χ1) is 13.2. The minimum absolute atomic E-state index is 0.250. The summed E-state index contributed by atoms with van der Waals surface area (Å²) in [5, 5.41) is 7.50. The second kappa shape index (κ2) is 7.24. The van der Waals surface area contributed by atoms with Gasteiger partial charge in [0, 0.05) is 5.75 Å². The molecule has 0 saturated heterocycles. The molecule has 0 unspecified atom stereocenters. The van der Waals surface area contributed by atoms with Crippen LogP contribution in [0.15, 0.2) is 64.7 Å². The molecule has 0 radical (unpaired) electrons. The van der Waals surface area contributed by atoms with E-state index in [4.69, 9.17) is 4.74 Å². The van der Waals surface area contributed by atoms with Gasteiger partial charge in [0.15, 0.2) is 10.8 Å². The molecule has 136 valence electrons. The zero-order chi connectivity index (χ0) is 18.8. The van der Waals surface area contributed by atoms with E-state index in [-0.39, 0.29) is 11.4 Å². The highest BCUT2D eigenvalue weighted by molar-refractivity contribution is 7.98. The number of rotatable bonds is 5. The molecule has 2 aromatic heterocycles. The van der Waals surface area contributed by atoms with Crippen molar-refractivity contribution in [2.24, 2.45) is 0 Å². The third-order valence-electron chi connectivity index (χ3n) is 4.03. The van der Waals surface area contributed by atoms with Crippen molar-refractivity contribution in [1.82, 2.24) is 19.7 Å². The number of aromatic nitrogens is 4. The van der Waals surface area contributed by atoms with Gasteiger partial charge in [-0.3, -0.25) is 14.5 Å². The Labute approximate surface area is 158 Å². The van der Waals surface area contributed by atoms with Crippen LogP contribution in [0.3, 0.4) is 0 Å². The Balaban J connectivity index is 1.84. The topological polar surface area (TPSA) is 72.8 Å². The number of hydrogen-bond acceptors (Lipinski definition) is 5. The molecular formula is C19H15FN4O2S. The summed E-state index contributed by atoms with van der Waals surface area (Å²) in [4.78, 5) is 17.6. The van der Waals surface area contributed by atoms with Crippen molar-refractivity contribution in [3.05, 3.63) is 76.5 Å². The van der Waals surface area contributed by atoms with E-state index in [1.807, 2.05) is 18.2 Å². The Kier molecular flexibility index (Phi) is 4.64. The van der Waals surface area contributed by atoms with Crippen molar-refractivity contribution in [3.8, 4) is 11.4 Å². The summed E-state index contributed by atoms with van der Waals surface area (Å²) in [6.07, 6.45) is 1.46. The van der Waals surface area contributed by atoms with Crippen molar-refractivity contribution < 1.29 is 9.13 Å². The standard InChI is InChI=1S/C19H15FN4O2S/c1-26-16-8-3-2-7-15(16)24-18(25)14-10-21-23-17(14)22-19(24)27-11-12-5-4-6-13(20)9-12/h2-10H,11H2,1H3,(H,21,23). The van der Waals surface area contributed by atoms with Crippen molar-refractivity contribution in [2.75, 3.05) is 7.11 Å². The molecule has 0 amide bonds. The number of H-pyrrole nitrogens is 1. The number of ether oxygens (including phenoxy) is 1. The van der Waals surface area contributed by atoms with E-state index in [0.29, 0.717) is 33.4 Å². The molecule has 6 nitrogen and oxygen atoms in total. The van der Waals surface area contributed by atoms with Crippen molar-refractivity contribution in [1.29, 1.82) is 0 Å². The van der Waals surface area contributed by atoms with Gasteiger partial charge in [0.05, 0.1) is 19.0 Å². The lowest BCUT2D eigenvalue weighted by molar-refractivity contribution is 0.411. The van der Waals surface area contributed by atoms with Crippen LogP contribution in [0.1, 0.15) is 5.56 Å². The van der Waals surface area contributed by atoms with Gasteiger partial charge in [-0.2, -0.15) is 5.10 Å². The number of fused-ring (bicyclic) bond motifs is 1. The van der Waals surface area contributed by atoms with Crippen LogP contribution in [0.5, 0.6) is 5.75 Å². The summed E-state index contributed by atoms with van der Waals surface area (Å²) < 4.78 is 20.4. The SMILES string of the molecule is COc1ccccc1-n1c(SCc2cccc(F)c2)nc2[nH]ncc2c1=O. The molecule has 0 fully saturated rings. The average molecular weight is 382 g/mol. The summed E-state index contributed by atoms with van der Waals surface area (Å²) in [6.45, 7) is 0. The molecule has 2 heterocycles. The number of benzene rings is 2. The molecule has 0 aliphatic heterocycles. The van der Waals surface area contributed by atoms with Gasteiger partial charge in [0.1, 0.15) is 17.0 Å². The van der Waals surface area contributed by atoms with E-state index >= 15 is 0 Å². The lowest BCUT2D eigenvalue weighted by Gasteiger charge is -2.14. The van der Waals surface area contributed by atoms with Crippen LogP contribution in [0, 0.1) is 5.82 Å². The van der Waals surface area contributed by atoms with E-state index in [9.17, 15) is 9.18 Å². The highest BCUT2D eigenvalue weighted by Crippen LogP contribution is 2.28. The zero-order valence-corrected chi connectivity index (χ0v) is 15.2. The minimum Gasteiger partial charge on any atom is -0.495 e. The van der Waals surface area contributed by atoms with Crippen LogP contribution in [0.4, 0.5) is 4.39 Å². The van der Waals surface area contributed by atoms with E-state index in [0.717, 1.165) is 5.56 Å². The molecule has 4 rings (SSSR count). The minimum atomic E-state index is -0.299. The third kappa shape index (κ3) is 3.31. The molecule has 1 N–H and O–H groups in total. The van der Waals surface area contributed by atoms with Crippen molar-refractivity contribution in [3.63, 3.8) is 0 Å². The van der Waals surface area contributed by atoms with Gasteiger partial charge in [0.25, 0.3) is 5.56 Å². The van der Waals surface area contributed by atoms with Gasteiger partial charge in [-0.15, -0.1) is 0 Å². The zero-order valence-electron chi connectivity index (χ0n) is 14.3. The second-order valence-electron chi connectivity index (χ2n) is 5.76. The molecule has 8 heteroatoms. The van der Waals surface area contributed by atoms with Crippen LogP contribution in [0.2, 0.25) is 0 Å². The summed E-state index contributed by atoms with van der Waals surface area (Å²) in [5.41, 5.74) is 1.54. The Morgan fingerprint density at radius 1 is 1.22 bits per heavy atom. The van der Waals surface area contributed by atoms with Crippen LogP contribution < -0.4 is 10.3 Å². The first kappa shape index (κ1) is 17.3. The van der Waals surface area contributed by atoms with E-state index in [1.165, 1.54) is 34.7 Å². The molecule has 4 aromatic rings. The van der Waals surface area contributed by atoms with E-state index in [2.05, 4.69) is 15.2 Å². The smallest absolute Gasteiger partial charge is 0.270 e. The molecule has 0 aliphatic rings. The fourth-order valence-corrected chi connectivity index (χ4v) is 3.71. The predicted octanol–water partition coefficient (Wildman–Crippen LogP) is 3.55. The Morgan fingerprint density at radius 2 is 2.07 bits per heavy atom. The maximum Gasteiger partial charge on any atom is 0.270 e. The molecule has 0 atom stereocenters. The highest BCUT2D eigenvalue weighted by atomic mass is 32.2. The Hall–Kier alpha value is -3.13. The van der Waals surface area contributed by atoms with E-state index in [1.54, 1.807) is 25.3 Å². The fraction of sp³-hybridized carbons (Fsp3) is 0.105. The number of nitrogens with one attached hydrogen (secondary N) is 1. The first-order valence-corrected chi connectivity index (χ1v) is 9.12. The fourth-order valence-electron chi connectivity index (χ4n) is 2.77. The predicted molar refractivity (Wildman–Crippen MR) is 102 cm³/mol. The molecule has 0 saturated carbocycles. The van der Waals surface area contributed by atoms with Gasteiger partial charge in [0.2, 0.25) is 0 Å². The lowest BCUT2D eigenvalue weighted by atomic mass is 10.2.